The number of hydrogen-bond acceptors (Lipinski definition) is 5. The third-order valence-electron chi connectivity index (χ3n) is 3.45. The van der Waals surface area contributed by atoms with E-state index in [1.807, 2.05) is 17.5 Å². The van der Waals surface area contributed by atoms with Crippen molar-refractivity contribution in [2.45, 2.75) is 6.61 Å². The fourth-order valence-corrected chi connectivity index (χ4v) is 3.24. The quantitative estimate of drug-likeness (QED) is 0.260. The van der Waals surface area contributed by atoms with Gasteiger partial charge in [-0.25, -0.2) is 4.79 Å². The van der Waals surface area contributed by atoms with Gasteiger partial charge in [0.05, 0.1) is 15.5 Å². The molecule has 0 atom stereocenters. The van der Waals surface area contributed by atoms with Crippen molar-refractivity contribution in [2.24, 2.45) is 10.9 Å². The summed E-state index contributed by atoms with van der Waals surface area (Å²) >= 11 is 13.4. The number of benzene rings is 2. The van der Waals surface area contributed by atoms with Gasteiger partial charge in [0, 0.05) is 5.02 Å². The molecule has 27 heavy (non-hydrogen) atoms. The molecule has 1 aromatic heterocycles. The number of ether oxygens (including phenoxy) is 1. The molecule has 0 aliphatic carbocycles. The molecule has 0 unspecified atom stereocenters. The van der Waals surface area contributed by atoms with E-state index < -0.39 is 5.97 Å². The van der Waals surface area contributed by atoms with Gasteiger partial charge in [-0.15, -0.1) is 11.3 Å². The standard InChI is InChI=1S/C19H14Cl2N2O3S/c20-14-6-7-16(15(21)10-14)25-11-12-3-1-4-13(9-12)19(24)26-23-18(22)17-5-2-8-27-17/h1-10H,11H2,(H2,22,23). The van der Waals surface area contributed by atoms with Crippen molar-refractivity contribution in [2.75, 3.05) is 0 Å². The first-order chi connectivity index (χ1) is 13.0. The predicted molar refractivity (Wildman–Crippen MR) is 108 cm³/mol. The number of oxime groups is 1. The zero-order chi connectivity index (χ0) is 19.2. The molecule has 0 saturated heterocycles. The normalized spacial score (nSPS) is 11.3. The molecule has 0 aliphatic heterocycles. The Morgan fingerprint density at radius 2 is 1.96 bits per heavy atom. The Labute approximate surface area is 169 Å². The SMILES string of the molecule is N/C(=N\OC(=O)c1cccc(COc2ccc(Cl)cc2Cl)c1)c1cccs1. The number of nitrogens with zero attached hydrogens (tertiary/aromatic N) is 1. The summed E-state index contributed by atoms with van der Waals surface area (Å²) in [5.74, 6) is 0.0402. The third-order valence-corrected chi connectivity index (χ3v) is 4.87. The minimum Gasteiger partial charge on any atom is -0.487 e. The van der Waals surface area contributed by atoms with Gasteiger partial charge in [-0.1, -0.05) is 46.6 Å². The highest BCUT2D eigenvalue weighted by Crippen LogP contribution is 2.28. The second-order valence-electron chi connectivity index (χ2n) is 5.40. The van der Waals surface area contributed by atoms with Crippen molar-refractivity contribution in [1.29, 1.82) is 0 Å². The van der Waals surface area contributed by atoms with Gasteiger partial charge in [-0.2, -0.15) is 0 Å². The Morgan fingerprint density at radius 1 is 1.11 bits per heavy atom. The van der Waals surface area contributed by atoms with Crippen LogP contribution in [0, 0.1) is 0 Å². The van der Waals surface area contributed by atoms with Crippen LogP contribution in [0.15, 0.2) is 65.1 Å². The van der Waals surface area contributed by atoms with Crippen LogP contribution in [0.2, 0.25) is 10.0 Å². The highest BCUT2D eigenvalue weighted by atomic mass is 35.5. The van der Waals surface area contributed by atoms with Crippen molar-refractivity contribution >= 4 is 46.3 Å². The van der Waals surface area contributed by atoms with Crippen LogP contribution in [-0.2, 0) is 11.4 Å². The number of rotatable bonds is 6. The minimum absolute atomic E-state index is 0.148. The molecule has 0 spiro atoms. The smallest absolute Gasteiger partial charge is 0.365 e. The van der Waals surface area contributed by atoms with Gasteiger partial charge in [-0.05, 0) is 47.3 Å². The van der Waals surface area contributed by atoms with Crippen molar-refractivity contribution in [3.05, 3.63) is 86.0 Å². The van der Waals surface area contributed by atoms with Gasteiger partial charge in [0.2, 0.25) is 0 Å². The van der Waals surface area contributed by atoms with E-state index in [-0.39, 0.29) is 12.4 Å². The molecular weight excluding hydrogens is 407 g/mol. The van der Waals surface area contributed by atoms with Crippen LogP contribution in [0.4, 0.5) is 0 Å². The van der Waals surface area contributed by atoms with Gasteiger partial charge in [0.15, 0.2) is 5.84 Å². The fourth-order valence-electron chi connectivity index (χ4n) is 2.15. The molecule has 3 aromatic rings. The molecule has 0 radical (unpaired) electrons. The summed E-state index contributed by atoms with van der Waals surface area (Å²) < 4.78 is 5.67. The number of nitrogens with two attached hydrogens (primary N) is 1. The number of thiophene rings is 1. The van der Waals surface area contributed by atoms with Gasteiger partial charge >= 0.3 is 5.97 Å². The molecular formula is C19H14Cl2N2O3S. The average Bonchev–Trinajstić information content (AvgIpc) is 3.20. The molecule has 0 aliphatic rings. The van der Waals surface area contributed by atoms with E-state index in [0.717, 1.165) is 10.4 Å². The number of carbonyl (C=O) groups excluding carboxylic acids is 1. The van der Waals surface area contributed by atoms with E-state index in [4.69, 9.17) is 38.5 Å². The highest BCUT2D eigenvalue weighted by molar-refractivity contribution is 7.12. The van der Waals surface area contributed by atoms with E-state index in [1.165, 1.54) is 11.3 Å². The summed E-state index contributed by atoms with van der Waals surface area (Å²) in [5, 5.41) is 6.48. The second-order valence-corrected chi connectivity index (χ2v) is 7.19. The summed E-state index contributed by atoms with van der Waals surface area (Å²) in [6, 6.07) is 15.4. The van der Waals surface area contributed by atoms with Crippen LogP contribution in [0.25, 0.3) is 0 Å². The number of halogens is 2. The second kappa shape index (κ2) is 8.90. The first-order valence-corrected chi connectivity index (χ1v) is 9.42. The Bertz CT molecular complexity index is 975. The monoisotopic (exact) mass is 420 g/mol. The largest absolute Gasteiger partial charge is 0.487 e. The molecule has 1 heterocycles. The molecule has 0 fully saturated rings. The molecule has 0 saturated carbocycles. The summed E-state index contributed by atoms with van der Waals surface area (Å²) in [5.41, 5.74) is 6.88. The molecule has 2 N–H and O–H groups in total. The van der Waals surface area contributed by atoms with Crippen LogP contribution in [0.3, 0.4) is 0 Å². The van der Waals surface area contributed by atoms with Crippen molar-refractivity contribution < 1.29 is 14.4 Å². The predicted octanol–water partition coefficient (Wildman–Crippen LogP) is 5.11. The first-order valence-electron chi connectivity index (χ1n) is 7.78. The molecule has 3 rings (SSSR count). The summed E-state index contributed by atoms with van der Waals surface area (Å²) in [6.45, 7) is 0.225. The zero-order valence-corrected chi connectivity index (χ0v) is 16.2. The zero-order valence-electron chi connectivity index (χ0n) is 13.9. The average molecular weight is 421 g/mol. The van der Waals surface area contributed by atoms with Crippen molar-refractivity contribution in [3.63, 3.8) is 0 Å². The van der Waals surface area contributed by atoms with E-state index >= 15 is 0 Å². The first kappa shape index (κ1) is 19.2. The van der Waals surface area contributed by atoms with E-state index in [2.05, 4.69) is 5.16 Å². The van der Waals surface area contributed by atoms with Crippen LogP contribution in [-0.4, -0.2) is 11.8 Å². The van der Waals surface area contributed by atoms with Crippen LogP contribution in [0.1, 0.15) is 20.8 Å². The Hall–Kier alpha value is -2.54. The number of carbonyl (C=O) groups is 1. The van der Waals surface area contributed by atoms with Crippen LogP contribution in [0.5, 0.6) is 5.75 Å². The summed E-state index contributed by atoms with van der Waals surface area (Å²) in [4.78, 5) is 17.8. The maximum Gasteiger partial charge on any atom is 0.365 e. The van der Waals surface area contributed by atoms with Crippen LogP contribution < -0.4 is 10.5 Å². The van der Waals surface area contributed by atoms with Gasteiger partial charge in [0.25, 0.3) is 0 Å². The fraction of sp³-hybridized carbons (Fsp3) is 0.0526. The molecule has 0 amide bonds. The highest BCUT2D eigenvalue weighted by Gasteiger charge is 2.10. The molecule has 5 nitrogen and oxygen atoms in total. The number of hydrogen-bond donors (Lipinski definition) is 1. The summed E-state index contributed by atoms with van der Waals surface area (Å²) in [7, 11) is 0. The molecule has 8 heteroatoms. The van der Waals surface area contributed by atoms with Gasteiger partial charge in [-0.3, -0.25) is 0 Å². The summed E-state index contributed by atoms with van der Waals surface area (Å²) in [6.07, 6.45) is 0. The Kier molecular flexibility index (Phi) is 6.34. The topological polar surface area (TPSA) is 73.9 Å². The minimum atomic E-state index is -0.610. The molecule has 138 valence electrons. The Morgan fingerprint density at radius 3 is 2.70 bits per heavy atom. The maximum absolute atomic E-state index is 12.2. The van der Waals surface area contributed by atoms with E-state index in [0.29, 0.717) is 21.4 Å². The van der Waals surface area contributed by atoms with Crippen molar-refractivity contribution in [3.8, 4) is 5.75 Å². The molecule has 2 aromatic carbocycles. The third kappa shape index (κ3) is 5.23. The lowest BCUT2D eigenvalue weighted by Gasteiger charge is -2.09. The maximum atomic E-state index is 12.2. The van der Waals surface area contributed by atoms with Gasteiger partial charge in [0.1, 0.15) is 12.4 Å². The lowest BCUT2D eigenvalue weighted by molar-refractivity contribution is 0.0516. The number of amidine groups is 1. The lowest BCUT2D eigenvalue weighted by Crippen LogP contribution is -2.13. The lowest BCUT2D eigenvalue weighted by atomic mass is 10.1. The molecule has 0 bridgehead atoms. The van der Waals surface area contributed by atoms with Crippen LogP contribution >= 0.6 is 34.5 Å². The van der Waals surface area contributed by atoms with Gasteiger partial charge < -0.3 is 15.3 Å². The van der Waals surface area contributed by atoms with E-state index in [9.17, 15) is 4.79 Å². The van der Waals surface area contributed by atoms with Crippen molar-refractivity contribution in [1.82, 2.24) is 0 Å². The van der Waals surface area contributed by atoms with E-state index in [1.54, 1.807) is 42.5 Å². The Balaban J connectivity index is 1.64.